The molecule has 1 heterocycles. The lowest BCUT2D eigenvalue weighted by atomic mass is 10.2. The molecule has 2 aromatic rings. The number of pyridine rings is 1. The van der Waals surface area contributed by atoms with Crippen LogP contribution in [-0.2, 0) is 11.3 Å². The number of halogens is 1. The van der Waals surface area contributed by atoms with E-state index in [1.54, 1.807) is 36.7 Å². The summed E-state index contributed by atoms with van der Waals surface area (Å²) in [6.07, 6.45) is 3.33. The molecule has 1 aromatic heterocycles. The molecule has 0 saturated heterocycles. The number of esters is 1. The van der Waals surface area contributed by atoms with E-state index < -0.39 is 0 Å². The first-order chi connectivity index (χ1) is 8.65. The Morgan fingerprint density at radius 2 is 2.00 bits per heavy atom. The van der Waals surface area contributed by atoms with Gasteiger partial charge in [-0.2, -0.15) is 0 Å². The maximum Gasteiger partial charge on any atom is 0.338 e. The molecule has 0 spiro atoms. The highest BCUT2D eigenvalue weighted by Gasteiger charge is 2.07. The molecule has 0 fully saturated rings. The van der Waals surface area contributed by atoms with E-state index >= 15 is 0 Å². The lowest BCUT2D eigenvalue weighted by molar-refractivity contribution is 0.0472. The summed E-state index contributed by atoms with van der Waals surface area (Å²) in [7, 11) is 0. The van der Waals surface area contributed by atoms with Crippen molar-refractivity contribution in [3.05, 3.63) is 58.3 Å². The molecule has 92 valence electrons. The van der Waals surface area contributed by atoms with Gasteiger partial charge in [0.25, 0.3) is 0 Å². The van der Waals surface area contributed by atoms with Crippen LogP contribution in [0, 0.1) is 0 Å². The zero-order valence-electron chi connectivity index (χ0n) is 9.47. The van der Waals surface area contributed by atoms with Crippen molar-refractivity contribution in [3.63, 3.8) is 0 Å². The third-order valence-corrected chi connectivity index (χ3v) is 2.71. The van der Waals surface area contributed by atoms with Gasteiger partial charge in [0.15, 0.2) is 0 Å². The molecular weight excluding hydrogens is 296 g/mol. The molecule has 0 radical (unpaired) electrons. The Morgan fingerprint density at radius 3 is 2.67 bits per heavy atom. The number of ether oxygens (including phenoxy) is 1. The van der Waals surface area contributed by atoms with Gasteiger partial charge in [0, 0.05) is 28.1 Å². The zero-order valence-corrected chi connectivity index (χ0v) is 11.1. The van der Waals surface area contributed by atoms with Crippen LogP contribution >= 0.6 is 15.9 Å². The Morgan fingerprint density at radius 1 is 1.28 bits per heavy atom. The van der Waals surface area contributed by atoms with Crippen LogP contribution in [0.1, 0.15) is 15.9 Å². The van der Waals surface area contributed by atoms with Crippen molar-refractivity contribution in [2.75, 3.05) is 5.73 Å². The fraction of sp³-hybridized carbons (Fsp3) is 0.0769. The number of nitrogens with two attached hydrogens (primary N) is 1. The first kappa shape index (κ1) is 12.6. The van der Waals surface area contributed by atoms with Crippen LogP contribution in [0.5, 0.6) is 0 Å². The summed E-state index contributed by atoms with van der Waals surface area (Å²) in [5.41, 5.74) is 7.46. The van der Waals surface area contributed by atoms with Crippen molar-refractivity contribution < 1.29 is 9.53 Å². The molecule has 1 aromatic carbocycles. The molecule has 4 nitrogen and oxygen atoms in total. The quantitative estimate of drug-likeness (QED) is 0.699. The molecule has 0 aliphatic heterocycles. The number of carbonyl (C=O) groups is 1. The van der Waals surface area contributed by atoms with E-state index in [-0.39, 0.29) is 12.6 Å². The van der Waals surface area contributed by atoms with Crippen LogP contribution in [0.25, 0.3) is 0 Å². The Balaban J connectivity index is 1.98. The number of hydrogen-bond acceptors (Lipinski definition) is 4. The SMILES string of the molecule is Nc1ccc(C(=O)OCc2cncc(Br)c2)cc1. The minimum atomic E-state index is -0.380. The smallest absolute Gasteiger partial charge is 0.338 e. The number of anilines is 1. The van der Waals surface area contributed by atoms with Crippen molar-refractivity contribution >= 4 is 27.6 Å². The van der Waals surface area contributed by atoms with Crippen molar-refractivity contribution in [2.24, 2.45) is 0 Å². The summed E-state index contributed by atoms with van der Waals surface area (Å²) in [6, 6.07) is 8.45. The maximum atomic E-state index is 11.7. The number of benzene rings is 1. The van der Waals surface area contributed by atoms with E-state index in [2.05, 4.69) is 20.9 Å². The minimum absolute atomic E-state index is 0.190. The van der Waals surface area contributed by atoms with Crippen LogP contribution in [-0.4, -0.2) is 11.0 Å². The molecule has 0 unspecified atom stereocenters. The molecule has 0 amide bonds. The largest absolute Gasteiger partial charge is 0.457 e. The molecular formula is C13H11BrN2O2. The second-order valence-electron chi connectivity index (χ2n) is 3.71. The predicted molar refractivity (Wildman–Crippen MR) is 71.9 cm³/mol. The zero-order chi connectivity index (χ0) is 13.0. The number of nitrogen functional groups attached to an aromatic ring is 1. The minimum Gasteiger partial charge on any atom is -0.457 e. The number of carbonyl (C=O) groups excluding carboxylic acids is 1. The molecule has 5 heteroatoms. The Hall–Kier alpha value is -1.88. The topological polar surface area (TPSA) is 65.2 Å². The van der Waals surface area contributed by atoms with E-state index in [4.69, 9.17) is 10.5 Å². The fourth-order valence-electron chi connectivity index (χ4n) is 1.39. The highest BCUT2D eigenvalue weighted by atomic mass is 79.9. The van der Waals surface area contributed by atoms with Gasteiger partial charge in [-0.1, -0.05) is 0 Å². The van der Waals surface area contributed by atoms with Gasteiger partial charge in [0.05, 0.1) is 5.56 Å². The molecule has 0 bridgehead atoms. The van der Waals surface area contributed by atoms with Crippen LogP contribution in [0.3, 0.4) is 0 Å². The van der Waals surface area contributed by atoms with Gasteiger partial charge in [-0.3, -0.25) is 4.98 Å². The van der Waals surface area contributed by atoms with Crippen molar-refractivity contribution in [3.8, 4) is 0 Å². The van der Waals surface area contributed by atoms with Gasteiger partial charge < -0.3 is 10.5 Å². The molecule has 2 rings (SSSR count). The molecule has 0 aliphatic rings. The maximum absolute atomic E-state index is 11.7. The Bertz CT molecular complexity index is 555. The average Bonchev–Trinajstić information content (AvgIpc) is 2.37. The highest BCUT2D eigenvalue weighted by molar-refractivity contribution is 9.10. The normalized spacial score (nSPS) is 10.1. The second-order valence-corrected chi connectivity index (χ2v) is 4.63. The summed E-state index contributed by atoms with van der Waals surface area (Å²) in [5.74, 6) is -0.380. The standard InChI is InChI=1S/C13H11BrN2O2/c14-11-5-9(6-16-7-11)8-18-13(17)10-1-3-12(15)4-2-10/h1-7H,8,15H2. The first-order valence-corrected chi connectivity index (χ1v) is 6.06. The van der Waals surface area contributed by atoms with Crippen LogP contribution in [0.2, 0.25) is 0 Å². The van der Waals surface area contributed by atoms with Gasteiger partial charge in [-0.15, -0.1) is 0 Å². The lowest BCUT2D eigenvalue weighted by Gasteiger charge is -2.05. The summed E-state index contributed by atoms with van der Waals surface area (Å²) in [5, 5.41) is 0. The first-order valence-electron chi connectivity index (χ1n) is 5.27. The number of aromatic nitrogens is 1. The highest BCUT2D eigenvalue weighted by Crippen LogP contribution is 2.12. The molecule has 0 aliphatic carbocycles. The average molecular weight is 307 g/mol. The van der Waals surface area contributed by atoms with Gasteiger partial charge >= 0.3 is 5.97 Å². The molecule has 0 saturated carbocycles. The van der Waals surface area contributed by atoms with Gasteiger partial charge in [-0.05, 0) is 46.3 Å². The monoisotopic (exact) mass is 306 g/mol. The third kappa shape index (κ3) is 3.30. The Labute approximate surface area is 113 Å². The van der Waals surface area contributed by atoms with Crippen LogP contribution in [0.15, 0.2) is 47.2 Å². The van der Waals surface area contributed by atoms with E-state index in [0.29, 0.717) is 11.3 Å². The number of nitrogens with zero attached hydrogens (tertiary/aromatic N) is 1. The lowest BCUT2D eigenvalue weighted by Crippen LogP contribution is -2.05. The van der Waals surface area contributed by atoms with E-state index in [1.807, 2.05) is 6.07 Å². The van der Waals surface area contributed by atoms with Crippen molar-refractivity contribution in [2.45, 2.75) is 6.61 Å². The number of hydrogen-bond donors (Lipinski definition) is 1. The van der Waals surface area contributed by atoms with Crippen LogP contribution < -0.4 is 5.73 Å². The summed E-state index contributed by atoms with van der Waals surface area (Å²) in [4.78, 5) is 15.7. The summed E-state index contributed by atoms with van der Waals surface area (Å²) in [6.45, 7) is 0.190. The molecule has 18 heavy (non-hydrogen) atoms. The summed E-state index contributed by atoms with van der Waals surface area (Å²) < 4.78 is 6.02. The van der Waals surface area contributed by atoms with E-state index in [0.717, 1.165) is 10.0 Å². The molecule has 2 N–H and O–H groups in total. The Kier molecular flexibility index (Phi) is 3.94. The number of rotatable bonds is 3. The second kappa shape index (κ2) is 5.64. The van der Waals surface area contributed by atoms with Gasteiger partial charge in [0.1, 0.15) is 6.61 Å². The predicted octanol–water partition coefficient (Wildman–Crippen LogP) is 2.78. The third-order valence-electron chi connectivity index (χ3n) is 2.28. The van der Waals surface area contributed by atoms with E-state index in [9.17, 15) is 4.79 Å². The van der Waals surface area contributed by atoms with E-state index in [1.165, 1.54) is 0 Å². The summed E-state index contributed by atoms with van der Waals surface area (Å²) >= 11 is 3.31. The molecule has 0 atom stereocenters. The van der Waals surface area contributed by atoms with Crippen molar-refractivity contribution in [1.29, 1.82) is 0 Å². The van der Waals surface area contributed by atoms with Crippen LogP contribution in [0.4, 0.5) is 5.69 Å². The van der Waals surface area contributed by atoms with Crippen molar-refractivity contribution in [1.82, 2.24) is 4.98 Å². The fourth-order valence-corrected chi connectivity index (χ4v) is 1.80. The van der Waals surface area contributed by atoms with Gasteiger partial charge in [-0.25, -0.2) is 4.79 Å². The van der Waals surface area contributed by atoms with Gasteiger partial charge in [0.2, 0.25) is 0 Å².